The van der Waals surface area contributed by atoms with Crippen molar-refractivity contribution in [3.05, 3.63) is 23.5 Å². The van der Waals surface area contributed by atoms with E-state index in [0.717, 1.165) is 18.8 Å². The summed E-state index contributed by atoms with van der Waals surface area (Å²) >= 11 is 0. The molecule has 1 aromatic heterocycles. The summed E-state index contributed by atoms with van der Waals surface area (Å²) in [4.78, 5) is 14.1. The summed E-state index contributed by atoms with van der Waals surface area (Å²) in [5.41, 5.74) is 1.59. The van der Waals surface area contributed by atoms with Crippen LogP contribution in [-0.2, 0) is 7.05 Å². The van der Waals surface area contributed by atoms with Crippen molar-refractivity contribution in [1.29, 1.82) is 0 Å². The van der Waals surface area contributed by atoms with Crippen LogP contribution in [-0.4, -0.2) is 52.8 Å². The first-order chi connectivity index (χ1) is 8.99. The Bertz CT molecular complexity index is 411. The van der Waals surface area contributed by atoms with E-state index in [0.29, 0.717) is 12.1 Å². The third-order valence-electron chi connectivity index (χ3n) is 3.49. The second-order valence-corrected chi connectivity index (χ2v) is 4.78. The molecule has 1 atom stereocenters. The number of rotatable bonds is 7. The minimum Gasteiger partial charge on any atom is -0.390 e. The van der Waals surface area contributed by atoms with Crippen molar-refractivity contribution in [1.82, 2.24) is 14.8 Å². The number of aliphatic hydroxyl groups is 1. The maximum absolute atomic E-state index is 12.0. The summed E-state index contributed by atoms with van der Waals surface area (Å²) < 4.78 is 1.90. The number of amides is 1. The molecule has 0 saturated carbocycles. The Labute approximate surface area is 115 Å². The molecular formula is C14H25N3O2. The molecule has 5 heteroatoms. The minimum absolute atomic E-state index is 0.128. The van der Waals surface area contributed by atoms with Crippen LogP contribution in [0.25, 0.3) is 0 Å². The van der Waals surface area contributed by atoms with Crippen molar-refractivity contribution in [2.45, 2.75) is 26.9 Å². The highest BCUT2D eigenvalue weighted by atomic mass is 16.3. The Balaban J connectivity index is 2.44. The van der Waals surface area contributed by atoms with Crippen molar-refractivity contribution >= 4 is 5.91 Å². The maximum atomic E-state index is 12.0. The molecule has 1 amide bonds. The van der Waals surface area contributed by atoms with Gasteiger partial charge in [-0.05, 0) is 26.1 Å². The molecule has 0 aromatic carbocycles. The standard InChI is InChI=1S/C14H25N3O2/c1-5-17(6-2)10-12(18)9-15-14(19)13-7-8-16(4)11(13)3/h7-8,12,18H,5-6,9-10H2,1-4H3,(H,15,19). The van der Waals surface area contributed by atoms with Gasteiger partial charge < -0.3 is 19.9 Å². The summed E-state index contributed by atoms with van der Waals surface area (Å²) in [5.74, 6) is -0.128. The predicted molar refractivity (Wildman–Crippen MR) is 76.3 cm³/mol. The van der Waals surface area contributed by atoms with Crippen LogP contribution in [0.3, 0.4) is 0 Å². The average molecular weight is 267 g/mol. The van der Waals surface area contributed by atoms with Crippen LogP contribution in [0.1, 0.15) is 29.9 Å². The molecular weight excluding hydrogens is 242 g/mol. The summed E-state index contributed by atoms with van der Waals surface area (Å²) in [7, 11) is 1.90. The Morgan fingerprint density at radius 3 is 2.58 bits per heavy atom. The fraction of sp³-hybridized carbons (Fsp3) is 0.643. The Morgan fingerprint density at radius 2 is 2.11 bits per heavy atom. The van der Waals surface area contributed by atoms with E-state index in [-0.39, 0.29) is 12.5 Å². The Morgan fingerprint density at radius 1 is 1.47 bits per heavy atom. The SMILES string of the molecule is CCN(CC)CC(O)CNC(=O)c1ccn(C)c1C. The molecule has 2 N–H and O–H groups in total. The summed E-state index contributed by atoms with van der Waals surface area (Å²) in [6, 6.07) is 1.79. The molecule has 0 aliphatic rings. The molecule has 1 unspecified atom stereocenters. The average Bonchev–Trinajstić information content (AvgIpc) is 2.73. The molecule has 108 valence electrons. The normalized spacial score (nSPS) is 12.7. The van der Waals surface area contributed by atoms with Crippen molar-refractivity contribution < 1.29 is 9.90 Å². The third kappa shape index (κ3) is 4.36. The number of aromatic nitrogens is 1. The molecule has 1 heterocycles. The molecule has 0 radical (unpaired) electrons. The van der Waals surface area contributed by atoms with E-state index in [4.69, 9.17) is 0 Å². The third-order valence-corrected chi connectivity index (χ3v) is 3.49. The molecule has 0 aliphatic heterocycles. The van der Waals surface area contributed by atoms with Crippen LogP contribution in [0, 0.1) is 6.92 Å². The fourth-order valence-corrected chi connectivity index (χ4v) is 2.00. The number of nitrogens with zero attached hydrogens (tertiary/aromatic N) is 2. The van der Waals surface area contributed by atoms with Gasteiger partial charge in [0.2, 0.25) is 0 Å². The molecule has 0 aliphatic carbocycles. The summed E-state index contributed by atoms with van der Waals surface area (Å²) in [6.07, 6.45) is 1.32. The minimum atomic E-state index is -0.534. The van der Waals surface area contributed by atoms with Gasteiger partial charge in [-0.25, -0.2) is 0 Å². The van der Waals surface area contributed by atoms with Crippen LogP contribution >= 0.6 is 0 Å². The van der Waals surface area contributed by atoms with Gasteiger partial charge in [0.1, 0.15) is 0 Å². The topological polar surface area (TPSA) is 57.5 Å². The second-order valence-electron chi connectivity index (χ2n) is 4.78. The van der Waals surface area contributed by atoms with Crippen LogP contribution in [0.15, 0.2) is 12.3 Å². The smallest absolute Gasteiger partial charge is 0.253 e. The van der Waals surface area contributed by atoms with E-state index < -0.39 is 6.10 Å². The first kappa shape index (κ1) is 15.7. The molecule has 19 heavy (non-hydrogen) atoms. The number of carbonyl (C=O) groups is 1. The molecule has 0 saturated heterocycles. The molecule has 1 aromatic rings. The van der Waals surface area contributed by atoms with Gasteiger partial charge in [0, 0.05) is 32.0 Å². The van der Waals surface area contributed by atoms with Crippen molar-refractivity contribution in [2.24, 2.45) is 7.05 Å². The molecule has 0 spiro atoms. The van der Waals surface area contributed by atoms with Gasteiger partial charge in [-0.2, -0.15) is 0 Å². The largest absolute Gasteiger partial charge is 0.390 e. The van der Waals surface area contributed by atoms with Gasteiger partial charge in [0.05, 0.1) is 11.7 Å². The number of aliphatic hydroxyl groups excluding tert-OH is 1. The highest BCUT2D eigenvalue weighted by molar-refractivity contribution is 5.95. The van der Waals surface area contributed by atoms with E-state index in [1.165, 1.54) is 0 Å². The van der Waals surface area contributed by atoms with Gasteiger partial charge in [0.15, 0.2) is 0 Å². The number of hydrogen-bond donors (Lipinski definition) is 2. The lowest BCUT2D eigenvalue weighted by atomic mass is 10.2. The molecule has 0 fully saturated rings. The number of aryl methyl sites for hydroxylation is 1. The van der Waals surface area contributed by atoms with E-state index in [1.54, 1.807) is 6.07 Å². The van der Waals surface area contributed by atoms with Crippen LogP contribution < -0.4 is 5.32 Å². The number of carbonyl (C=O) groups excluding carboxylic acids is 1. The number of hydrogen-bond acceptors (Lipinski definition) is 3. The first-order valence-electron chi connectivity index (χ1n) is 6.80. The highest BCUT2D eigenvalue weighted by Crippen LogP contribution is 2.07. The highest BCUT2D eigenvalue weighted by Gasteiger charge is 2.14. The molecule has 5 nitrogen and oxygen atoms in total. The monoisotopic (exact) mass is 267 g/mol. The first-order valence-corrected chi connectivity index (χ1v) is 6.80. The van der Waals surface area contributed by atoms with Crippen molar-refractivity contribution in [3.63, 3.8) is 0 Å². The zero-order chi connectivity index (χ0) is 14.4. The quantitative estimate of drug-likeness (QED) is 0.767. The van der Waals surface area contributed by atoms with Gasteiger partial charge in [-0.15, -0.1) is 0 Å². The summed E-state index contributed by atoms with van der Waals surface area (Å²) in [6.45, 7) is 8.69. The molecule has 1 rings (SSSR count). The van der Waals surface area contributed by atoms with Crippen LogP contribution in [0.2, 0.25) is 0 Å². The lowest BCUT2D eigenvalue weighted by Crippen LogP contribution is -2.40. The van der Waals surface area contributed by atoms with Crippen molar-refractivity contribution in [2.75, 3.05) is 26.2 Å². The predicted octanol–water partition coefficient (Wildman–Crippen LogP) is 0.766. The second kappa shape index (κ2) is 7.31. The zero-order valence-corrected chi connectivity index (χ0v) is 12.3. The van der Waals surface area contributed by atoms with Crippen LogP contribution in [0.5, 0.6) is 0 Å². The zero-order valence-electron chi connectivity index (χ0n) is 12.3. The number of nitrogens with one attached hydrogen (secondary N) is 1. The van der Waals surface area contributed by atoms with E-state index in [9.17, 15) is 9.90 Å². The summed E-state index contributed by atoms with van der Waals surface area (Å²) in [5, 5.41) is 12.7. The van der Waals surface area contributed by atoms with Crippen LogP contribution in [0.4, 0.5) is 0 Å². The lowest BCUT2D eigenvalue weighted by Gasteiger charge is -2.22. The van der Waals surface area contributed by atoms with Crippen molar-refractivity contribution in [3.8, 4) is 0 Å². The Kier molecular flexibility index (Phi) is 6.05. The number of likely N-dealkylation sites (N-methyl/N-ethyl adjacent to an activating group) is 1. The van der Waals surface area contributed by atoms with E-state index in [2.05, 4.69) is 24.1 Å². The van der Waals surface area contributed by atoms with E-state index in [1.807, 2.05) is 24.7 Å². The van der Waals surface area contributed by atoms with Gasteiger partial charge in [0.25, 0.3) is 5.91 Å². The maximum Gasteiger partial charge on any atom is 0.253 e. The van der Waals surface area contributed by atoms with Gasteiger partial charge >= 0.3 is 0 Å². The Hall–Kier alpha value is -1.33. The lowest BCUT2D eigenvalue weighted by molar-refractivity contribution is 0.0869. The molecule has 0 bridgehead atoms. The van der Waals surface area contributed by atoms with Gasteiger partial charge in [-0.1, -0.05) is 13.8 Å². The van der Waals surface area contributed by atoms with E-state index >= 15 is 0 Å². The van der Waals surface area contributed by atoms with Gasteiger partial charge in [-0.3, -0.25) is 4.79 Å². The fourth-order valence-electron chi connectivity index (χ4n) is 2.00.